The summed E-state index contributed by atoms with van der Waals surface area (Å²) in [6.07, 6.45) is 2.20. The molecule has 0 radical (unpaired) electrons. The molecule has 3 N–H and O–H groups in total. The first-order chi connectivity index (χ1) is 12.5. The van der Waals surface area contributed by atoms with E-state index in [-0.39, 0.29) is 35.9 Å². The Kier molecular flexibility index (Phi) is 13.7. The highest BCUT2D eigenvalue weighted by Gasteiger charge is 2.05. The van der Waals surface area contributed by atoms with E-state index in [2.05, 4.69) is 46.1 Å². The van der Waals surface area contributed by atoms with Crippen molar-refractivity contribution in [1.82, 2.24) is 16.0 Å². The van der Waals surface area contributed by atoms with Crippen molar-refractivity contribution in [2.75, 3.05) is 26.7 Å². The predicted molar refractivity (Wildman–Crippen MR) is 123 cm³/mol. The Balaban J connectivity index is 0.00000676. The van der Waals surface area contributed by atoms with Crippen LogP contribution in [-0.4, -0.2) is 44.7 Å². The van der Waals surface area contributed by atoms with E-state index >= 15 is 0 Å². The van der Waals surface area contributed by atoms with Gasteiger partial charge in [0.05, 0.1) is 13.7 Å². The van der Waals surface area contributed by atoms with Crippen molar-refractivity contribution < 1.29 is 9.53 Å². The lowest BCUT2D eigenvalue weighted by Crippen LogP contribution is -2.38. The van der Waals surface area contributed by atoms with Crippen LogP contribution in [0.5, 0.6) is 5.75 Å². The van der Waals surface area contributed by atoms with Gasteiger partial charge < -0.3 is 20.7 Å². The van der Waals surface area contributed by atoms with Crippen LogP contribution in [0, 0.1) is 6.92 Å². The molecule has 0 aliphatic carbocycles. The molecule has 1 unspecified atom stereocenters. The third-order valence-corrected chi connectivity index (χ3v) is 4.15. The third-order valence-electron chi connectivity index (χ3n) is 4.15. The molecule has 0 fully saturated rings. The molecule has 7 heteroatoms. The fourth-order valence-electron chi connectivity index (χ4n) is 2.41. The van der Waals surface area contributed by atoms with Crippen LogP contribution in [0.25, 0.3) is 0 Å². The SMILES string of the molecule is CCNC(=NCCC(=O)NC(C)CC)NCCc1ccc(C)c(OC)c1.I. The number of ether oxygens (including phenoxy) is 1. The maximum Gasteiger partial charge on any atom is 0.222 e. The summed E-state index contributed by atoms with van der Waals surface area (Å²) in [7, 11) is 1.69. The van der Waals surface area contributed by atoms with Crippen LogP contribution in [0.4, 0.5) is 0 Å². The third kappa shape index (κ3) is 10.4. The van der Waals surface area contributed by atoms with Crippen molar-refractivity contribution in [3.8, 4) is 5.75 Å². The number of guanidine groups is 1. The summed E-state index contributed by atoms with van der Waals surface area (Å²) in [6, 6.07) is 6.47. The molecule has 0 heterocycles. The second-order valence-electron chi connectivity index (χ2n) is 6.37. The molecule has 0 aliphatic rings. The van der Waals surface area contributed by atoms with E-state index in [1.54, 1.807) is 7.11 Å². The molecule has 1 aromatic carbocycles. The molecule has 1 aromatic rings. The van der Waals surface area contributed by atoms with Crippen LogP contribution in [0.1, 0.15) is 44.7 Å². The number of halogens is 1. The Hall–Kier alpha value is -1.51. The Labute approximate surface area is 181 Å². The van der Waals surface area contributed by atoms with Crippen molar-refractivity contribution in [2.24, 2.45) is 4.99 Å². The number of carbonyl (C=O) groups is 1. The number of hydrogen-bond donors (Lipinski definition) is 3. The minimum Gasteiger partial charge on any atom is -0.496 e. The number of benzene rings is 1. The minimum atomic E-state index is 0. The standard InChI is InChI=1S/C20H34N4O2.HI/c1-6-16(4)24-19(25)11-13-23-20(21-7-2)22-12-10-17-9-8-15(3)18(14-17)26-5;/h8-9,14,16H,6-7,10-13H2,1-5H3,(H,24,25)(H2,21,22,23);1H. The van der Waals surface area contributed by atoms with E-state index in [4.69, 9.17) is 4.74 Å². The topological polar surface area (TPSA) is 74.8 Å². The van der Waals surface area contributed by atoms with E-state index < -0.39 is 0 Å². The first kappa shape index (κ1) is 25.5. The lowest BCUT2D eigenvalue weighted by Gasteiger charge is -2.13. The zero-order valence-electron chi connectivity index (χ0n) is 17.2. The van der Waals surface area contributed by atoms with Gasteiger partial charge in [0, 0.05) is 25.6 Å². The van der Waals surface area contributed by atoms with Crippen molar-refractivity contribution >= 4 is 35.8 Å². The number of nitrogens with zero attached hydrogens (tertiary/aromatic N) is 1. The average molecular weight is 490 g/mol. The summed E-state index contributed by atoms with van der Waals surface area (Å²) in [5, 5.41) is 9.48. The quantitative estimate of drug-likeness (QED) is 0.268. The molecule has 27 heavy (non-hydrogen) atoms. The fraction of sp³-hybridized carbons (Fsp3) is 0.600. The maximum absolute atomic E-state index is 11.8. The lowest BCUT2D eigenvalue weighted by atomic mass is 10.1. The number of aryl methyl sites for hydroxylation is 1. The fourth-order valence-corrected chi connectivity index (χ4v) is 2.41. The molecule has 0 spiro atoms. The minimum absolute atomic E-state index is 0. The largest absolute Gasteiger partial charge is 0.496 e. The van der Waals surface area contributed by atoms with Gasteiger partial charge >= 0.3 is 0 Å². The summed E-state index contributed by atoms with van der Waals surface area (Å²) in [6.45, 7) is 10.1. The van der Waals surface area contributed by atoms with Gasteiger partial charge in [0.15, 0.2) is 5.96 Å². The number of hydrogen-bond acceptors (Lipinski definition) is 3. The molecule has 0 saturated heterocycles. The summed E-state index contributed by atoms with van der Waals surface area (Å²) < 4.78 is 5.37. The van der Waals surface area contributed by atoms with Gasteiger partial charge in [0.2, 0.25) is 5.91 Å². The van der Waals surface area contributed by atoms with Crippen LogP contribution in [0.15, 0.2) is 23.2 Å². The maximum atomic E-state index is 11.8. The Bertz CT molecular complexity index is 593. The predicted octanol–water partition coefficient (Wildman–Crippen LogP) is 3.02. The number of nitrogens with one attached hydrogen (secondary N) is 3. The smallest absolute Gasteiger partial charge is 0.222 e. The first-order valence-electron chi connectivity index (χ1n) is 9.45. The number of carbonyl (C=O) groups excluding carboxylic acids is 1. The lowest BCUT2D eigenvalue weighted by molar-refractivity contribution is -0.121. The van der Waals surface area contributed by atoms with Crippen LogP contribution < -0.4 is 20.7 Å². The highest BCUT2D eigenvalue weighted by atomic mass is 127. The number of methoxy groups -OCH3 is 1. The van der Waals surface area contributed by atoms with Gasteiger partial charge in [-0.15, -0.1) is 24.0 Å². The van der Waals surface area contributed by atoms with Crippen LogP contribution in [0.2, 0.25) is 0 Å². The van der Waals surface area contributed by atoms with Gasteiger partial charge in [-0.05, 0) is 50.8 Å². The van der Waals surface area contributed by atoms with Gasteiger partial charge in [0.1, 0.15) is 5.75 Å². The van der Waals surface area contributed by atoms with Gasteiger partial charge in [-0.3, -0.25) is 9.79 Å². The number of aliphatic imine (C=N–C) groups is 1. The zero-order valence-corrected chi connectivity index (χ0v) is 19.6. The summed E-state index contributed by atoms with van der Waals surface area (Å²) in [4.78, 5) is 16.3. The van der Waals surface area contributed by atoms with Gasteiger partial charge in [-0.25, -0.2) is 0 Å². The molecular weight excluding hydrogens is 455 g/mol. The van der Waals surface area contributed by atoms with E-state index in [1.165, 1.54) is 5.56 Å². The first-order valence-corrected chi connectivity index (χ1v) is 9.45. The molecule has 1 rings (SSSR count). The molecule has 1 amide bonds. The second kappa shape index (κ2) is 14.5. The monoisotopic (exact) mass is 490 g/mol. The van der Waals surface area contributed by atoms with Gasteiger partial charge in [0.25, 0.3) is 0 Å². The molecule has 6 nitrogen and oxygen atoms in total. The molecular formula is C20H35IN4O2. The van der Waals surface area contributed by atoms with E-state index in [0.29, 0.717) is 13.0 Å². The summed E-state index contributed by atoms with van der Waals surface area (Å²) >= 11 is 0. The van der Waals surface area contributed by atoms with Crippen LogP contribution >= 0.6 is 24.0 Å². The summed E-state index contributed by atoms with van der Waals surface area (Å²) in [5.41, 5.74) is 2.35. The van der Waals surface area contributed by atoms with Crippen molar-refractivity contribution in [2.45, 2.75) is 53.0 Å². The Morgan fingerprint density at radius 2 is 2.00 bits per heavy atom. The molecule has 0 aromatic heterocycles. The Morgan fingerprint density at radius 1 is 1.26 bits per heavy atom. The average Bonchev–Trinajstić information content (AvgIpc) is 2.62. The molecule has 0 aliphatic heterocycles. The van der Waals surface area contributed by atoms with Gasteiger partial charge in [-0.2, -0.15) is 0 Å². The molecule has 0 bridgehead atoms. The number of rotatable bonds is 10. The molecule has 0 saturated carbocycles. The van der Waals surface area contributed by atoms with Crippen molar-refractivity contribution in [3.63, 3.8) is 0 Å². The molecule has 1 atom stereocenters. The van der Waals surface area contributed by atoms with Crippen LogP contribution in [-0.2, 0) is 11.2 Å². The van der Waals surface area contributed by atoms with E-state index in [0.717, 1.165) is 43.2 Å². The summed E-state index contributed by atoms with van der Waals surface area (Å²) in [5.74, 6) is 1.70. The number of amides is 1. The zero-order chi connectivity index (χ0) is 19.4. The Morgan fingerprint density at radius 3 is 2.63 bits per heavy atom. The van der Waals surface area contributed by atoms with E-state index in [1.807, 2.05) is 20.8 Å². The van der Waals surface area contributed by atoms with Crippen LogP contribution in [0.3, 0.4) is 0 Å². The van der Waals surface area contributed by atoms with Crippen molar-refractivity contribution in [1.29, 1.82) is 0 Å². The molecule has 154 valence electrons. The van der Waals surface area contributed by atoms with E-state index in [9.17, 15) is 4.79 Å². The highest BCUT2D eigenvalue weighted by Crippen LogP contribution is 2.18. The highest BCUT2D eigenvalue weighted by molar-refractivity contribution is 14.0. The second-order valence-corrected chi connectivity index (χ2v) is 6.37. The normalized spacial score (nSPS) is 12.0. The van der Waals surface area contributed by atoms with Gasteiger partial charge in [-0.1, -0.05) is 19.1 Å². The van der Waals surface area contributed by atoms with Crippen molar-refractivity contribution in [3.05, 3.63) is 29.3 Å².